The number of sulfonamides is 1. The zero-order valence-electron chi connectivity index (χ0n) is 19.0. The average Bonchev–Trinajstić information content (AvgIpc) is 3.38. The van der Waals surface area contributed by atoms with Crippen molar-refractivity contribution in [1.82, 2.24) is 9.62 Å². The number of carbonyl (C=O) groups excluding carboxylic acids is 1. The molecule has 0 bridgehead atoms. The first-order valence-electron chi connectivity index (χ1n) is 11.2. The smallest absolute Gasteiger partial charge is 0.243 e. The maximum absolute atomic E-state index is 12.9. The summed E-state index contributed by atoms with van der Waals surface area (Å²) in [5.74, 6) is 1.83. The molecule has 2 heterocycles. The van der Waals surface area contributed by atoms with Crippen LogP contribution in [0.25, 0.3) is 0 Å². The first-order valence-corrected chi connectivity index (χ1v) is 12.7. The van der Waals surface area contributed by atoms with Gasteiger partial charge in [-0.15, -0.1) is 0 Å². The lowest BCUT2D eigenvalue weighted by Crippen LogP contribution is -2.28. The van der Waals surface area contributed by atoms with Gasteiger partial charge in [-0.1, -0.05) is 6.07 Å². The second-order valence-electron chi connectivity index (χ2n) is 8.28. The number of nitrogens with zero attached hydrogens (tertiary/aromatic N) is 1. The van der Waals surface area contributed by atoms with Crippen LogP contribution in [0, 0.1) is 0 Å². The fourth-order valence-corrected chi connectivity index (χ4v) is 5.73. The predicted octanol–water partition coefficient (Wildman–Crippen LogP) is 3.06. The number of rotatable bonds is 8. The van der Waals surface area contributed by atoms with Gasteiger partial charge < -0.3 is 19.5 Å². The SMILES string of the molecule is COc1ccc(S(=O)(=O)N2CCCC2)cc1CCC(=O)NC(C)c1ccc2c(c1)OCCO2. The average molecular weight is 475 g/mol. The summed E-state index contributed by atoms with van der Waals surface area (Å²) in [6.45, 7) is 4.04. The number of amides is 1. The highest BCUT2D eigenvalue weighted by Gasteiger charge is 2.28. The summed E-state index contributed by atoms with van der Waals surface area (Å²) in [5.41, 5.74) is 1.61. The first-order chi connectivity index (χ1) is 15.9. The molecule has 9 heteroatoms. The van der Waals surface area contributed by atoms with E-state index in [2.05, 4.69) is 5.32 Å². The highest BCUT2D eigenvalue weighted by Crippen LogP contribution is 2.33. The summed E-state index contributed by atoms with van der Waals surface area (Å²) >= 11 is 0. The van der Waals surface area contributed by atoms with Crippen molar-refractivity contribution in [2.24, 2.45) is 0 Å². The lowest BCUT2D eigenvalue weighted by Gasteiger charge is -2.21. The normalized spacial score (nSPS) is 16.9. The van der Waals surface area contributed by atoms with Crippen LogP contribution in [0.15, 0.2) is 41.3 Å². The number of carbonyl (C=O) groups is 1. The van der Waals surface area contributed by atoms with E-state index >= 15 is 0 Å². The van der Waals surface area contributed by atoms with Gasteiger partial charge in [0.2, 0.25) is 15.9 Å². The second kappa shape index (κ2) is 10.0. The molecule has 178 valence electrons. The molecule has 1 amide bonds. The zero-order chi connectivity index (χ0) is 23.4. The molecule has 2 aliphatic heterocycles. The molecule has 4 rings (SSSR count). The van der Waals surface area contributed by atoms with Gasteiger partial charge in [0.15, 0.2) is 11.5 Å². The van der Waals surface area contributed by atoms with Gasteiger partial charge in [-0.3, -0.25) is 4.79 Å². The van der Waals surface area contributed by atoms with E-state index in [0.717, 1.165) is 18.4 Å². The Morgan fingerprint density at radius 3 is 2.55 bits per heavy atom. The fourth-order valence-electron chi connectivity index (χ4n) is 4.16. The number of nitrogens with one attached hydrogen (secondary N) is 1. The lowest BCUT2D eigenvalue weighted by molar-refractivity contribution is -0.121. The van der Waals surface area contributed by atoms with Crippen LogP contribution in [0.1, 0.15) is 43.4 Å². The van der Waals surface area contributed by atoms with Gasteiger partial charge in [0.1, 0.15) is 19.0 Å². The van der Waals surface area contributed by atoms with Crippen molar-refractivity contribution < 1.29 is 27.4 Å². The molecule has 1 fully saturated rings. The van der Waals surface area contributed by atoms with Crippen molar-refractivity contribution >= 4 is 15.9 Å². The molecular weight excluding hydrogens is 444 g/mol. The molecule has 0 aliphatic carbocycles. The van der Waals surface area contributed by atoms with Crippen LogP contribution in [0.3, 0.4) is 0 Å². The van der Waals surface area contributed by atoms with E-state index in [1.807, 2.05) is 25.1 Å². The highest BCUT2D eigenvalue weighted by atomic mass is 32.2. The summed E-state index contributed by atoms with van der Waals surface area (Å²) in [6.07, 6.45) is 2.33. The summed E-state index contributed by atoms with van der Waals surface area (Å²) in [4.78, 5) is 12.9. The highest BCUT2D eigenvalue weighted by molar-refractivity contribution is 7.89. The molecule has 1 saturated heterocycles. The van der Waals surface area contributed by atoms with E-state index < -0.39 is 10.0 Å². The van der Waals surface area contributed by atoms with Crippen molar-refractivity contribution in [1.29, 1.82) is 0 Å². The van der Waals surface area contributed by atoms with E-state index in [1.54, 1.807) is 18.2 Å². The number of ether oxygens (including phenoxy) is 3. The number of methoxy groups -OCH3 is 1. The van der Waals surface area contributed by atoms with Crippen LogP contribution in [0.2, 0.25) is 0 Å². The molecule has 8 nitrogen and oxygen atoms in total. The minimum absolute atomic E-state index is 0.132. The van der Waals surface area contributed by atoms with Crippen LogP contribution >= 0.6 is 0 Å². The van der Waals surface area contributed by atoms with Crippen molar-refractivity contribution in [3.63, 3.8) is 0 Å². The number of hydrogen-bond acceptors (Lipinski definition) is 6. The molecule has 2 aromatic rings. The van der Waals surface area contributed by atoms with Crippen molar-refractivity contribution in [2.45, 2.75) is 43.5 Å². The molecule has 2 aromatic carbocycles. The van der Waals surface area contributed by atoms with E-state index in [4.69, 9.17) is 14.2 Å². The maximum Gasteiger partial charge on any atom is 0.243 e. The Kier molecular flexibility index (Phi) is 7.09. The van der Waals surface area contributed by atoms with Gasteiger partial charge in [-0.2, -0.15) is 4.31 Å². The topological polar surface area (TPSA) is 94.2 Å². The first kappa shape index (κ1) is 23.4. The van der Waals surface area contributed by atoms with Crippen LogP contribution in [-0.2, 0) is 21.2 Å². The third kappa shape index (κ3) is 5.25. The van der Waals surface area contributed by atoms with Crippen molar-refractivity contribution in [3.8, 4) is 17.2 Å². The van der Waals surface area contributed by atoms with E-state index in [-0.39, 0.29) is 23.3 Å². The molecule has 1 atom stereocenters. The number of aryl methyl sites for hydroxylation is 1. The quantitative estimate of drug-likeness (QED) is 0.632. The Hall–Kier alpha value is -2.78. The Bertz CT molecular complexity index is 1110. The van der Waals surface area contributed by atoms with Crippen LogP contribution < -0.4 is 19.5 Å². The molecule has 0 radical (unpaired) electrons. The monoisotopic (exact) mass is 474 g/mol. The Labute approximate surface area is 194 Å². The summed E-state index contributed by atoms with van der Waals surface area (Å²) in [6, 6.07) is 10.3. The molecule has 0 aromatic heterocycles. The van der Waals surface area contributed by atoms with Gasteiger partial charge in [-0.25, -0.2) is 8.42 Å². The molecule has 33 heavy (non-hydrogen) atoms. The van der Waals surface area contributed by atoms with Crippen LogP contribution in [0.4, 0.5) is 0 Å². The van der Waals surface area contributed by atoms with Gasteiger partial charge >= 0.3 is 0 Å². The Morgan fingerprint density at radius 2 is 1.82 bits per heavy atom. The fraction of sp³-hybridized carbons (Fsp3) is 0.458. The van der Waals surface area contributed by atoms with Gasteiger partial charge in [0, 0.05) is 19.5 Å². The van der Waals surface area contributed by atoms with Crippen LogP contribution in [0.5, 0.6) is 17.2 Å². The summed E-state index contributed by atoms with van der Waals surface area (Å²) in [5, 5.41) is 3.00. The van der Waals surface area contributed by atoms with Gasteiger partial charge in [-0.05, 0) is 67.6 Å². The Balaban J connectivity index is 1.41. The lowest BCUT2D eigenvalue weighted by atomic mass is 10.1. The number of benzene rings is 2. The minimum atomic E-state index is -3.53. The van der Waals surface area contributed by atoms with Crippen molar-refractivity contribution in [2.75, 3.05) is 33.4 Å². The maximum atomic E-state index is 12.9. The van der Waals surface area contributed by atoms with Gasteiger partial charge in [0.05, 0.1) is 18.0 Å². The van der Waals surface area contributed by atoms with E-state index in [0.29, 0.717) is 55.5 Å². The standard InChI is InChI=1S/C24H30N2O6S/c1-17(18-5-8-22-23(16-18)32-14-13-31-22)25-24(27)10-6-19-15-20(7-9-21(19)30-2)33(28,29)26-11-3-4-12-26/h5,7-9,15-17H,3-4,6,10-14H2,1-2H3,(H,25,27). The number of fused-ring (bicyclic) bond motifs is 1. The zero-order valence-corrected chi connectivity index (χ0v) is 19.8. The summed E-state index contributed by atoms with van der Waals surface area (Å²) < 4.78 is 43.9. The van der Waals surface area contributed by atoms with E-state index in [1.165, 1.54) is 11.4 Å². The molecule has 0 spiro atoms. The Morgan fingerprint density at radius 1 is 1.09 bits per heavy atom. The van der Waals surface area contributed by atoms with E-state index in [9.17, 15) is 13.2 Å². The second-order valence-corrected chi connectivity index (χ2v) is 10.2. The molecular formula is C24H30N2O6S. The summed E-state index contributed by atoms with van der Waals surface area (Å²) in [7, 11) is -1.99. The third-order valence-electron chi connectivity index (χ3n) is 6.02. The predicted molar refractivity (Wildman–Crippen MR) is 123 cm³/mol. The molecule has 1 unspecified atom stereocenters. The largest absolute Gasteiger partial charge is 0.496 e. The number of hydrogen-bond donors (Lipinski definition) is 1. The van der Waals surface area contributed by atoms with Gasteiger partial charge in [0.25, 0.3) is 0 Å². The molecule has 1 N–H and O–H groups in total. The van der Waals surface area contributed by atoms with Crippen molar-refractivity contribution in [3.05, 3.63) is 47.5 Å². The molecule has 0 saturated carbocycles. The van der Waals surface area contributed by atoms with Crippen LogP contribution in [-0.4, -0.2) is 52.0 Å². The molecule has 2 aliphatic rings. The minimum Gasteiger partial charge on any atom is -0.496 e. The third-order valence-corrected chi connectivity index (χ3v) is 7.91.